The molecule has 9 heteroatoms. The van der Waals surface area contributed by atoms with Crippen LogP contribution in [-0.2, 0) is 30.7 Å². The Morgan fingerprint density at radius 2 is 2.19 bits per heavy atom. The SMILES string of the molecule is CCc1ncccc1Cn1cnc2c1CCN(c1cnn(C3CCCCO3)c(=O)c1Cl)C2. The van der Waals surface area contributed by atoms with Gasteiger partial charge in [0.05, 0.1) is 37.0 Å². The molecule has 0 spiro atoms. The van der Waals surface area contributed by atoms with E-state index >= 15 is 0 Å². The van der Waals surface area contributed by atoms with Gasteiger partial charge in [-0.05, 0) is 37.3 Å². The zero-order valence-electron chi connectivity index (χ0n) is 18.2. The first-order chi connectivity index (χ1) is 15.7. The summed E-state index contributed by atoms with van der Waals surface area (Å²) < 4.78 is 9.30. The summed E-state index contributed by atoms with van der Waals surface area (Å²) in [5, 5.41) is 4.59. The highest BCUT2D eigenvalue weighted by Gasteiger charge is 2.26. The van der Waals surface area contributed by atoms with Gasteiger partial charge in [0.15, 0.2) is 6.23 Å². The first-order valence-corrected chi connectivity index (χ1v) is 11.6. The van der Waals surface area contributed by atoms with Crippen molar-refractivity contribution in [2.24, 2.45) is 0 Å². The Labute approximate surface area is 191 Å². The van der Waals surface area contributed by atoms with E-state index in [1.54, 1.807) is 6.20 Å². The molecule has 0 saturated carbocycles. The molecule has 1 fully saturated rings. The number of anilines is 1. The van der Waals surface area contributed by atoms with E-state index < -0.39 is 0 Å². The number of nitrogens with zero attached hydrogens (tertiary/aromatic N) is 6. The molecule has 1 saturated heterocycles. The van der Waals surface area contributed by atoms with Gasteiger partial charge in [-0.15, -0.1) is 0 Å². The smallest absolute Gasteiger partial charge is 0.290 e. The fourth-order valence-corrected chi connectivity index (χ4v) is 4.86. The monoisotopic (exact) mass is 454 g/mol. The van der Waals surface area contributed by atoms with Crippen molar-refractivity contribution in [2.75, 3.05) is 18.1 Å². The van der Waals surface area contributed by atoms with Crippen LogP contribution in [-0.4, -0.2) is 37.5 Å². The lowest BCUT2D eigenvalue weighted by atomic mass is 10.1. The number of hydrogen-bond acceptors (Lipinski definition) is 6. The van der Waals surface area contributed by atoms with Crippen LogP contribution in [0.25, 0.3) is 0 Å². The molecule has 3 aromatic heterocycles. The van der Waals surface area contributed by atoms with Gasteiger partial charge in [-0.3, -0.25) is 9.78 Å². The van der Waals surface area contributed by atoms with Crippen molar-refractivity contribution in [3.63, 3.8) is 0 Å². The second-order valence-corrected chi connectivity index (χ2v) is 8.69. The molecule has 3 aromatic rings. The van der Waals surface area contributed by atoms with Gasteiger partial charge < -0.3 is 14.2 Å². The van der Waals surface area contributed by atoms with Gasteiger partial charge in [-0.1, -0.05) is 24.6 Å². The summed E-state index contributed by atoms with van der Waals surface area (Å²) in [7, 11) is 0. The van der Waals surface area contributed by atoms with E-state index in [0.29, 0.717) is 18.8 Å². The molecule has 2 aliphatic heterocycles. The van der Waals surface area contributed by atoms with Crippen molar-refractivity contribution in [1.82, 2.24) is 24.3 Å². The van der Waals surface area contributed by atoms with Crippen LogP contribution in [0.5, 0.6) is 0 Å². The standard InChI is InChI=1S/C23H27ClN6O2/c1-2-17-16(6-5-9-25-17)13-29-15-26-18-14-28(10-8-19(18)29)20-12-27-30(23(31)22(20)24)21-7-3-4-11-32-21/h5-6,9,12,15,21H,2-4,7-8,10-11,13-14H2,1H3. The van der Waals surface area contributed by atoms with Crippen LogP contribution in [0.4, 0.5) is 5.69 Å². The van der Waals surface area contributed by atoms with E-state index in [2.05, 4.69) is 37.5 Å². The Kier molecular flexibility index (Phi) is 5.97. The van der Waals surface area contributed by atoms with Crippen LogP contribution in [0.1, 0.15) is 55.1 Å². The van der Waals surface area contributed by atoms with E-state index in [9.17, 15) is 4.79 Å². The highest BCUT2D eigenvalue weighted by Crippen LogP contribution is 2.29. The van der Waals surface area contributed by atoms with Crippen LogP contribution >= 0.6 is 11.6 Å². The molecule has 1 unspecified atom stereocenters. The van der Waals surface area contributed by atoms with Crippen molar-refractivity contribution >= 4 is 17.3 Å². The Morgan fingerprint density at radius 3 is 3.00 bits per heavy atom. The fraction of sp³-hybridized carbons (Fsp3) is 0.478. The summed E-state index contributed by atoms with van der Waals surface area (Å²) in [6.07, 6.45) is 9.65. The number of fused-ring (bicyclic) bond motifs is 1. The van der Waals surface area contributed by atoms with Crippen molar-refractivity contribution in [3.05, 3.63) is 68.9 Å². The highest BCUT2D eigenvalue weighted by molar-refractivity contribution is 6.33. The largest absolute Gasteiger partial charge is 0.362 e. The maximum atomic E-state index is 12.9. The number of aryl methyl sites for hydroxylation is 1. The predicted octanol–water partition coefficient (Wildman–Crippen LogP) is 3.36. The van der Waals surface area contributed by atoms with E-state index in [4.69, 9.17) is 16.3 Å². The maximum absolute atomic E-state index is 12.9. The molecule has 0 aliphatic carbocycles. The lowest BCUT2D eigenvalue weighted by Gasteiger charge is -2.30. The molecule has 8 nitrogen and oxygen atoms in total. The summed E-state index contributed by atoms with van der Waals surface area (Å²) in [5.41, 5.74) is 4.93. The molecule has 0 bridgehead atoms. The van der Waals surface area contributed by atoms with Crippen LogP contribution in [0.3, 0.4) is 0 Å². The summed E-state index contributed by atoms with van der Waals surface area (Å²) >= 11 is 6.52. The third-order valence-electron chi connectivity index (χ3n) is 6.35. The van der Waals surface area contributed by atoms with Crippen molar-refractivity contribution in [3.8, 4) is 0 Å². The van der Waals surface area contributed by atoms with Crippen LogP contribution < -0.4 is 10.5 Å². The number of halogens is 1. The second kappa shape index (κ2) is 9.03. The number of rotatable bonds is 5. The second-order valence-electron chi connectivity index (χ2n) is 8.31. The minimum atomic E-state index is -0.327. The van der Waals surface area contributed by atoms with Gasteiger partial charge in [0, 0.05) is 37.2 Å². The molecule has 0 radical (unpaired) electrons. The topological polar surface area (TPSA) is 78.1 Å². The van der Waals surface area contributed by atoms with Crippen molar-refractivity contribution in [2.45, 2.75) is 58.3 Å². The van der Waals surface area contributed by atoms with Gasteiger partial charge in [0.25, 0.3) is 5.56 Å². The quantitative estimate of drug-likeness (QED) is 0.588. The van der Waals surface area contributed by atoms with Crippen molar-refractivity contribution < 1.29 is 4.74 Å². The van der Waals surface area contributed by atoms with Gasteiger partial charge >= 0.3 is 0 Å². The molecule has 1 atom stereocenters. The van der Waals surface area contributed by atoms with Gasteiger partial charge in [-0.2, -0.15) is 9.78 Å². The van der Waals surface area contributed by atoms with Gasteiger partial charge in [-0.25, -0.2) is 4.98 Å². The van der Waals surface area contributed by atoms with E-state index in [1.807, 2.05) is 18.6 Å². The Balaban J connectivity index is 1.36. The summed E-state index contributed by atoms with van der Waals surface area (Å²) in [4.78, 5) is 24.1. The Hall–Kier alpha value is -2.71. The highest BCUT2D eigenvalue weighted by atomic mass is 35.5. The van der Waals surface area contributed by atoms with Crippen LogP contribution in [0.15, 0.2) is 35.6 Å². The van der Waals surface area contributed by atoms with Gasteiger partial charge in [0.2, 0.25) is 0 Å². The minimum Gasteiger partial charge on any atom is -0.362 e. The number of hydrogen-bond donors (Lipinski definition) is 0. The van der Waals surface area contributed by atoms with Crippen LogP contribution in [0.2, 0.25) is 5.02 Å². The predicted molar refractivity (Wildman–Crippen MR) is 122 cm³/mol. The van der Waals surface area contributed by atoms with E-state index in [0.717, 1.165) is 56.6 Å². The van der Waals surface area contributed by atoms with E-state index in [-0.39, 0.29) is 16.8 Å². The molecular weight excluding hydrogens is 428 g/mol. The molecule has 0 N–H and O–H groups in total. The number of ether oxygens (including phenoxy) is 1. The van der Waals surface area contributed by atoms with Crippen molar-refractivity contribution in [1.29, 1.82) is 0 Å². The van der Waals surface area contributed by atoms with Gasteiger partial charge in [0.1, 0.15) is 5.02 Å². The number of aromatic nitrogens is 5. The molecule has 5 rings (SSSR count). The molecule has 2 aliphatic rings. The zero-order chi connectivity index (χ0) is 22.1. The van der Waals surface area contributed by atoms with E-state index in [1.165, 1.54) is 15.9 Å². The fourth-order valence-electron chi connectivity index (χ4n) is 4.61. The molecule has 32 heavy (non-hydrogen) atoms. The first kappa shape index (κ1) is 21.2. The molecule has 168 valence electrons. The summed E-state index contributed by atoms with van der Waals surface area (Å²) in [6.45, 7) is 4.88. The third kappa shape index (κ3) is 3.93. The average Bonchev–Trinajstić information content (AvgIpc) is 3.23. The molecule has 0 aromatic carbocycles. The lowest BCUT2D eigenvalue weighted by Crippen LogP contribution is -2.36. The number of pyridine rings is 1. The summed E-state index contributed by atoms with van der Waals surface area (Å²) in [5.74, 6) is 0. The first-order valence-electron chi connectivity index (χ1n) is 11.2. The normalized spacial score (nSPS) is 18.6. The summed E-state index contributed by atoms with van der Waals surface area (Å²) in [6, 6.07) is 4.11. The van der Waals surface area contributed by atoms with Crippen LogP contribution in [0, 0.1) is 0 Å². The maximum Gasteiger partial charge on any atom is 0.290 e. The average molecular weight is 455 g/mol. The molecule has 5 heterocycles. The number of imidazole rings is 1. The molecular formula is C23H27ClN6O2. The Bertz CT molecular complexity index is 1170. The zero-order valence-corrected chi connectivity index (χ0v) is 19.0. The minimum absolute atomic E-state index is 0.194. The lowest BCUT2D eigenvalue weighted by molar-refractivity contribution is -0.0424. The Morgan fingerprint density at radius 1 is 1.28 bits per heavy atom. The molecule has 0 amide bonds. The third-order valence-corrected chi connectivity index (χ3v) is 6.70.